The number of aromatic amines is 2. The van der Waals surface area contributed by atoms with Crippen LogP contribution in [-0.2, 0) is 20.4 Å². The van der Waals surface area contributed by atoms with Gasteiger partial charge in [0.25, 0.3) is 0 Å². The molecule has 2 aliphatic heterocycles. The predicted molar refractivity (Wildman–Crippen MR) is 123 cm³/mol. The predicted octanol–water partition coefficient (Wildman–Crippen LogP) is 6.77. The van der Waals surface area contributed by atoms with Crippen molar-refractivity contribution in [2.45, 2.75) is 0 Å². The first-order valence-electron chi connectivity index (χ1n) is 10.5. The van der Waals surface area contributed by atoms with Gasteiger partial charge in [0.05, 0.1) is 28.3 Å². The smallest absolute Gasteiger partial charge is 0.200 e. The van der Waals surface area contributed by atoms with Gasteiger partial charge in [-0.2, -0.15) is 0 Å². The third-order valence-electron chi connectivity index (χ3n) is 5.64. The summed E-state index contributed by atoms with van der Waals surface area (Å²) >= 11 is 0. The summed E-state index contributed by atoms with van der Waals surface area (Å²) in [5.41, 5.74) is 3.09. The number of hydrogen-bond acceptors (Lipinski definition) is 2. The van der Waals surface area contributed by atoms with Crippen LogP contribution in [-0.4, -0.2) is 19.9 Å². The second-order valence-corrected chi connectivity index (χ2v) is 8.04. The SMILES string of the molecule is Fc1c(F)c(F)c(C2=Cc3cc4ccc(cc5nc(cc6ccc(cc2n3)[nH]6)C=C5)[nH]4)c(F)c1F.[Pd]. The average Bonchev–Trinajstić information content (AvgIpc) is 3.62. The van der Waals surface area contributed by atoms with Crippen molar-refractivity contribution < 1.29 is 42.4 Å². The molecule has 36 heavy (non-hydrogen) atoms. The Labute approximate surface area is 213 Å². The van der Waals surface area contributed by atoms with Gasteiger partial charge < -0.3 is 9.97 Å². The van der Waals surface area contributed by atoms with Crippen LogP contribution in [0.3, 0.4) is 0 Å². The number of hydrogen-bond donors (Lipinski definition) is 2. The van der Waals surface area contributed by atoms with Crippen molar-refractivity contribution in [3.8, 4) is 0 Å². The van der Waals surface area contributed by atoms with E-state index in [2.05, 4.69) is 19.9 Å². The van der Waals surface area contributed by atoms with Gasteiger partial charge in [0, 0.05) is 48.1 Å². The second kappa shape index (κ2) is 8.97. The van der Waals surface area contributed by atoms with E-state index in [1.165, 1.54) is 12.1 Å². The molecule has 4 aromatic rings. The Balaban J connectivity index is 0.00000267. The molecule has 2 aliphatic rings. The third kappa shape index (κ3) is 4.08. The van der Waals surface area contributed by atoms with Gasteiger partial charge in [-0.1, -0.05) is 0 Å². The van der Waals surface area contributed by atoms with E-state index in [0.29, 0.717) is 22.2 Å². The van der Waals surface area contributed by atoms with E-state index in [-0.39, 0.29) is 37.4 Å². The zero-order valence-electron chi connectivity index (χ0n) is 18.0. The molecule has 10 heteroatoms. The maximum atomic E-state index is 14.7. The molecule has 0 saturated heterocycles. The summed E-state index contributed by atoms with van der Waals surface area (Å²) in [6.45, 7) is 0. The number of aromatic nitrogens is 4. The topological polar surface area (TPSA) is 57.4 Å². The monoisotopic (exact) mass is 582 g/mol. The van der Waals surface area contributed by atoms with Crippen LogP contribution in [0.4, 0.5) is 22.0 Å². The zero-order chi connectivity index (χ0) is 24.3. The molecule has 182 valence electrons. The molecule has 5 heterocycles. The molecule has 0 amide bonds. The van der Waals surface area contributed by atoms with Crippen LogP contribution in [0.1, 0.15) is 28.3 Å². The van der Waals surface area contributed by atoms with E-state index >= 15 is 0 Å². The van der Waals surface area contributed by atoms with Crippen LogP contribution in [0.2, 0.25) is 0 Å². The average molecular weight is 583 g/mol. The van der Waals surface area contributed by atoms with Crippen molar-refractivity contribution in [2.24, 2.45) is 0 Å². The summed E-state index contributed by atoms with van der Waals surface area (Å²) in [4.78, 5) is 15.2. The molecular weight excluding hydrogens is 570 g/mol. The normalized spacial score (nSPS) is 12.4. The van der Waals surface area contributed by atoms with Crippen LogP contribution >= 0.6 is 0 Å². The summed E-state index contributed by atoms with van der Waals surface area (Å²) < 4.78 is 70.9. The Morgan fingerprint density at radius 3 is 1.50 bits per heavy atom. The molecule has 0 radical (unpaired) electrons. The minimum Gasteiger partial charge on any atom is -0.355 e. The van der Waals surface area contributed by atoms with E-state index in [1.54, 1.807) is 24.3 Å². The van der Waals surface area contributed by atoms with Crippen LogP contribution in [0.5, 0.6) is 0 Å². The van der Waals surface area contributed by atoms with Crippen molar-refractivity contribution in [1.29, 1.82) is 0 Å². The Hall–Kier alpha value is -3.87. The summed E-state index contributed by atoms with van der Waals surface area (Å²) in [5, 5.41) is 0. The fraction of sp³-hybridized carbons (Fsp3) is 0. The first kappa shape index (κ1) is 23.9. The molecule has 2 N–H and O–H groups in total. The van der Waals surface area contributed by atoms with Crippen molar-refractivity contribution in [1.82, 2.24) is 19.9 Å². The molecule has 0 fully saturated rings. The Morgan fingerprint density at radius 1 is 0.528 bits per heavy atom. The first-order chi connectivity index (χ1) is 16.9. The van der Waals surface area contributed by atoms with Gasteiger partial charge in [0.2, 0.25) is 5.82 Å². The van der Waals surface area contributed by atoms with Crippen LogP contribution in [0.25, 0.3) is 45.9 Å². The number of H-pyrrole nitrogens is 2. The molecule has 8 bridgehead atoms. The Kier molecular flexibility index (Phi) is 5.94. The van der Waals surface area contributed by atoms with Crippen LogP contribution in [0, 0.1) is 29.1 Å². The van der Waals surface area contributed by atoms with Gasteiger partial charge in [-0.05, 0) is 66.8 Å². The van der Waals surface area contributed by atoms with Crippen LogP contribution in [0.15, 0.2) is 48.5 Å². The molecule has 0 unspecified atom stereocenters. The number of halogens is 5. The van der Waals surface area contributed by atoms with E-state index in [4.69, 9.17) is 0 Å². The second-order valence-electron chi connectivity index (χ2n) is 8.04. The largest absolute Gasteiger partial charge is 0.355 e. The van der Waals surface area contributed by atoms with Gasteiger partial charge in [-0.25, -0.2) is 31.9 Å². The first-order valence-corrected chi connectivity index (χ1v) is 10.5. The zero-order valence-corrected chi connectivity index (χ0v) is 19.5. The van der Waals surface area contributed by atoms with E-state index in [0.717, 1.165) is 11.2 Å². The molecule has 4 nitrogen and oxygen atoms in total. The number of nitrogens with zero attached hydrogens (tertiary/aromatic N) is 2. The van der Waals surface area contributed by atoms with Crippen molar-refractivity contribution in [2.75, 3.05) is 0 Å². The van der Waals surface area contributed by atoms with Gasteiger partial charge >= 0.3 is 0 Å². The maximum absolute atomic E-state index is 14.7. The number of benzene rings is 1. The maximum Gasteiger partial charge on any atom is 0.200 e. The fourth-order valence-electron chi connectivity index (χ4n) is 4.06. The Bertz CT molecular complexity index is 1740. The number of fused-ring (bicyclic) bond motifs is 8. The molecular formula is C26H13F5N4Pd. The molecule has 0 spiro atoms. The van der Waals surface area contributed by atoms with Crippen LogP contribution < -0.4 is 0 Å². The molecule has 0 saturated carbocycles. The van der Waals surface area contributed by atoms with Gasteiger partial charge in [-0.15, -0.1) is 0 Å². The minimum atomic E-state index is -2.21. The quantitative estimate of drug-likeness (QED) is 0.0973. The van der Waals surface area contributed by atoms with Crippen molar-refractivity contribution in [3.63, 3.8) is 0 Å². The van der Waals surface area contributed by atoms with Gasteiger partial charge in [-0.3, -0.25) is 0 Å². The molecule has 6 rings (SSSR count). The van der Waals surface area contributed by atoms with E-state index in [1.807, 2.05) is 30.4 Å². The number of nitrogens with one attached hydrogen (secondary N) is 2. The molecule has 0 aliphatic carbocycles. The van der Waals surface area contributed by atoms with Gasteiger partial charge in [0.1, 0.15) is 0 Å². The summed E-state index contributed by atoms with van der Waals surface area (Å²) in [7, 11) is 0. The number of rotatable bonds is 1. The summed E-state index contributed by atoms with van der Waals surface area (Å²) in [5.74, 6) is -10.1. The van der Waals surface area contributed by atoms with E-state index < -0.39 is 34.6 Å². The Morgan fingerprint density at radius 2 is 0.972 bits per heavy atom. The van der Waals surface area contributed by atoms with E-state index in [9.17, 15) is 22.0 Å². The van der Waals surface area contributed by atoms with Gasteiger partial charge in [0.15, 0.2) is 23.3 Å². The summed E-state index contributed by atoms with van der Waals surface area (Å²) in [6, 6.07) is 13.8. The fourth-order valence-corrected chi connectivity index (χ4v) is 4.06. The third-order valence-corrected chi connectivity index (χ3v) is 5.64. The standard InChI is InChI=1S/C26H13F5N4.Pd/c27-22-21(23(28)25(30)26(31)24(22)29)19-10-18-9-16-4-3-14(33-16)7-12-1-2-13(32-12)8-15-5-6-17(34-15)11-20(19)35-18;/h1-11,33-34H;. The molecule has 3 aromatic heterocycles. The van der Waals surface area contributed by atoms with Crippen molar-refractivity contribution >= 4 is 45.9 Å². The molecule has 0 atom stereocenters. The molecule has 1 aromatic carbocycles. The van der Waals surface area contributed by atoms with Crippen molar-refractivity contribution in [3.05, 3.63) is 106 Å². The summed E-state index contributed by atoms with van der Waals surface area (Å²) in [6.07, 6.45) is 5.02. The minimum absolute atomic E-state index is 0.